The predicted molar refractivity (Wildman–Crippen MR) is 107 cm³/mol. The van der Waals surface area contributed by atoms with E-state index in [2.05, 4.69) is 15.5 Å². The van der Waals surface area contributed by atoms with Crippen molar-refractivity contribution in [2.24, 2.45) is 0 Å². The van der Waals surface area contributed by atoms with Gasteiger partial charge in [-0.25, -0.2) is 4.98 Å². The van der Waals surface area contributed by atoms with E-state index in [-0.39, 0.29) is 11.8 Å². The van der Waals surface area contributed by atoms with Crippen LogP contribution in [0.3, 0.4) is 0 Å². The quantitative estimate of drug-likeness (QED) is 0.482. The van der Waals surface area contributed by atoms with Crippen LogP contribution >= 0.6 is 22.9 Å². The number of nitrogens with one attached hydrogen (secondary N) is 1. The molecule has 5 nitrogen and oxygen atoms in total. The lowest BCUT2D eigenvalue weighted by Gasteiger charge is -2.02. The van der Waals surface area contributed by atoms with Crippen molar-refractivity contribution in [2.45, 2.75) is 6.92 Å². The van der Waals surface area contributed by atoms with E-state index in [9.17, 15) is 4.79 Å². The summed E-state index contributed by atoms with van der Waals surface area (Å²) in [5.41, 5.74) is 2.78. The molecule has 1 amide bonds. The third-order valence-corrected chi connectivity index (χ3v) is 5.14. The van der Waals surface area contributed by atoms with Crippen LogP contribution in [0.2, 0.25) is 5.02 Å². The summed E-state index contributed by atoms with van der Waals surface area (Å²) in [5.74, 6) is -0.0772. The van der Waals surface area contributed by atoms with Crippen LogP contribution in [0.4, 0.5) is 5.88 Å². The maximum absolute atomic E-state index is 12.7. The smallest absolute Gasteiger partial charge is 0.278 e. The first-order valence-corrected chi connectivity index (χ1v) is 9.36. The molecule has 0 fully saturated rings. The van der Waals surface area contributed by atoms with Gasteiger partial charge in [0.05, 0.1) is 9.88 Å². The number of thiazole rings is 1. The largest absolute Gasteiger partial charge is 0.338 e. The number of benzene rings is 2. The number of nitrogens with zero attached hydrogens (tertiary/aromatic N) is 2. The SMILES string of the molecule is Cc1nc(C(=O)Nc2cc(-c3ccc(Cl)cc3)no2)c(-c2ccccc2)s1. The van der Waals surface area contributed by atoms with E-state index in [0.717, 1.165) is 21.0 Å². The fourth-order valence-corrected chi connectivity index (χ4v) is 3.68. The molecule has 134 valence electrons. The number of amides is 1. The van der Waals surface area contributed by atoms with Crippen LogP contribution in [-0.2, 0) is 0 Å². The number of carbonyl (C=O) groups excluding carboxylic acids is 1. The summed E-state index contributed by atoms with van der Waals surface area (Å²) in [5, 5.41) is 8.19. The molecule has 0 radical (unpaired) electrons. The van der Waals surface area contributed by atoms with Crippen LogP contribution in [0.25, 0.3) is 21.7 Å². The third-order valence-electron chi connectivity index (χ3n) is 3.87. The molecule has 4 rings (SSSR count). The van der Waals surface area contributed by atoms with Crippen molar-refractivity contribution < 1.29 is 9.32 Å². The van der Waals surface area contributed by atoms with Gasteiger partial charge in [-0.2, -0.15) is 0 Å². The van der Waals surface area contributed by atoms with Gasteiger partial charge >= 0.3 is 0 Å². The second kappa shape index (κ2) is 7.34. The summed E-state index contributed by atoms with van der Waals surface area (Å²) < 4.78 is 5.25. The maximum atomic E-state index is 12.7. The standard InChI is InChI=1S/C20H14ClN3O2S/c1-12-22-18(19(27-12)14-5-3-2-4-6-14)20(25)23-17-11-16(24-26-17)13-7-9-15(21)10-8-13/h2-11H,1H3,(H,23,25). The molecule has 1 N–H and O–H groups in total. The molecule has 4 aromatic rings. The van der Waals surface area contributed by atoms with Crippen molar-refractivity contribution in [2.75, 3.05) is 5.32 Å². The van der Waals surface area contributed by atoms with Crippen LogP contribution in [0.1, 0.15) is 15.5 Å². The molecular weight excluding hydrogens is 382 g/mol. The van der Waals surface area contributed by atoms with Crippen LogP contribution in [0.5, 0.6) is 0 Å². The first-order chi connectivity index (χ1) is 13.1. The zero-order valence-electron chi connectivity index (χ0n) is 14.3. The second-order valence-corrected chi connectivity index (χ2v) is 7.45. The summed E-state index contributed by atoms with van der Waals surface area (Å²) in [6.07, 6.45) is 0. The minimum absolute atomic E-state index is 0.259. The van der Waals surface area contributed by atoms with Crippen molar-refractivity contribution in [3.63, 3.8) is 0 Å². The van der Waals surface area contributed by atoms with Crippen LogP contribution in [-0.4, -0.2) is 16.0 Å². The number of hydrogen-bond donors (Lipinski definition) is 1. The van der Waals surface area contributed by atoms with Gasteiger partial charge in [-0.15, -0.1) is 11.3 Å². The number of halogens is 1. The van der Waals surface area contributed by atoms with Gasteiger partial charge in [-0.05, 0) is 24.6 Å². The zero-order valence-corrected chi connectivity index (χ0v) is 15.8. The summed E-state index contributed by atoms with van der Waals surface area (Å²) >= 11 is 7.38. The predicted octanol–water partition coefficient (Wildman–Crippen LogP) is 5.68. The number of aromatic nitrogens is 2. The minimum Gasteiger partial charge on any atom is -0.338 e. The van der Waals surface area contributed by atoms with E-state index < -0.39 is 0 Å². The molecule has 0 aliphatic heterocycles. The van der Waals surface area contributed by atoms with E-state index in [1.807, 2.05) is 49.4 Å². The first kappa shape index (κ1) is 17.5. The molecule has 7 heteroatoms. The van der Waals surface area contributed by atoms with E-state index >= 15 is 0 Å². The van der Waals surface area contributed by atoms with E-state index in [1.54, 1.807) is 18.2 Å². The van der Waals surface area contributed by atoms with Crippen LogP contribution in [0.15, 0.2) is 65.2 Å². The highest BCUT2D eigenvalue weighted by Gasteiger charge is 2.20. The topological polar surface area (TPSA) is 68.0 Å². The molecule has 0 atom stereocenters. The highest BCUT2D eigenvalue weighted by molar-refractivity contribution is 7.15. The number of aryl methyl sites for hydroxylation is 1. The molecule has 0 bridgehead atoms. The van der Waals surface area contributed by atoms with Gasteiger partial charge < -0.3 is 4.52 Å². The summed E-state index contributed by atoms with van der Waals surface area (Å²) in [6, 6.07) is 18.6. The number of hydrogen-bond acceptors (Lipinski definition) is 5. The molecule has 0 spiro atoms. The number of rotatable bonds is 4. The van der Waals surface area contributed by atoms with Crippen LogP contribution < -0.4 is 5.32 Å². The van der Waals surface area contributed by atoms with Crippen molar-refractivity contribution in [1.29, 1.82) is 0 Å². The van der Waals surface area contributed by atoms with Crippen molar-refractivity contribution >= 4 is 34.7 Å². The molecule has 0 unspecified atom stereocenters. The van der Waals surface area contributed by atoms with Gasteiger partial charge in [0.1, 0.15) is 11.4 Å². The lowest BCUT2D eigenvalue weighted by atomic mass is 10.1. The zero-order chi connectivity index (χ0) is 18.8. The van der Waals surface area contributed by atoms with Crippen molar-refractivity contribution in [1.82, 2.24) is 10.1 Å². The molecular formula is C20H14ClN3O2S. The Hall–Kier alpha value is -2.96. The van der Waals surface area contributed by atoms with E-state index in [1.165, 1.54) is 11.3 Å². The van der Waals surface area contributed by atoms with Gasteiger partial charge in [0, 0.05) is 16.7 Å². The summed E-state index contributed by atoms with van der Waals surface area (Å²) in [6.45, 7) is 1.88. The van der Waals surface area contributed by atoms with Crippen molar-refractivity contribution in [3.05, 3.63) is 76.4 Å². The Morgan fingerprint density at radius 1 is 1.07 bits per heavy atom. The second-order valence-electron chi connectivity index (χ2n) is 5.81. The highest BCUT2D eigenvalue weighted by Crippen LogP contribution is 2.31. The molecule has 0 saturated carbocycles. The number of carbonyl (C=O) groups is 1. The molecule has 2 aromatic carbocycles. The molecule has 0 aliphatic carbocycles. The normalized spacial score (nSPS) is 10.7. The summed E-state index contributed by atoms with van der Waals surface area (Å²) in [4.78, 5) is 17.9. The Kier molecular flexibility index (Phi) is 4.75. The summed E-state index contributed by atoms with van der Waals surface area (Å²) in [7, 11) is 0. The van der Waals surface area contributed by atoms with Gasteiger partial charge in [-0.1, -0.05) is 59.2 Å². The average Bonchev–Trinajstić information content (AvgIpc) is 3.30. The Labute approximate surface area is 164 Å². The Morgan fingerprint density at radius 3 is 2.56 bits per heavy atom. The minimum atomic E-state index is -0.336. The van der Waals surface area contributed by atoms with Gasteiger partial charge in [0.15, 0.2) is 0 Å². The Balaban J connectivity index is 1.58. The highest BCUT2D eigenvalue weighted by atomic mass is 35.5. The molecule has 0 aliphatic rings. The Morgan fingerprint density at radius 2 is 1.81 bits per heavy atom. The lowest BCUT2D eigenvalue weighted by molar-refractivity contribution is 0.102. The molecule has 2 heterocycles. The fraction of sp³-hybridized carbons (Fsp3) is 0.0500. The van der Waals surface area contributed by atoms with Gasteiger partial charge in [0.2, 0.25) is 5.88 Å². The lowest BCUT2D eigenvalue weighted by Crippen LogP contribution is -2.13. The first-order valence-electron chi connectivity index (χ1n) is 8.17. The van der Waals surface area contributed by atoms with Crippen LogP contribution in [0, 0.1) is 6.92 Å². The fourth-order valence-electron chi connectivity index (χ4n) is 2.63. The number of anilines is 1. The van der Waals surface area contributed by atoms with Crippen molar-refractivity contribution in [3.8, 4) is 21.7 Å². The molecule has 2 aromatic heterocycles. The average molecular weight is 396 g/mol. The van der Waals surface area contributed by atoms with E-state index in [4.69, 9.17) is 16.1 Å². The molecule has 0 saturated heterocycles. The van der Waals surface area contributed by atoms with Gasteiger partial charge in [0.25, 0.3) is 5.91 Å². The molecule has 27 heavy (non-hydrogen) atoms. The monoisotopic (exact) mass is 395 g/mol. The maximum Gasteiger partial charge on any atom is 0.278 e. The Bertz CT molecular complexity index is 1090. The third kappa shape index (κ3) is 3.77. The van der Waals surface area contributed by atoms with E-state index in [0.29, 0.717) is 16.4 Å². The van der Waals surface area contributed by atoms with Gasteiger partial charge in [-0.3, -0.25) is 10.1 Å².